The molecule has 5 heteroatoms. The van der Waals surface area contributed by atoms with E-state index in [2.05, 4.69) is 12.6 Å². The number of carbonyl (C=O) groups is 1. The number of amides is 1. The Balaban J connectivity index is 2.86. The van der Waals surface area contributed by atoms with E-state index in [-0.39, 0.29) is 11.7 Å². The maximum absolute atomic E-state index is 11.4. The van der Waals surface area contributed by atoms with E-state index in [0.29, 0.717) is 11.6 Å². The van der Waals surface area contributed by atoms with Crippen molar-refractivity contribution < 1.29 is 9.53 Å². The molecule has 16 heavy (non-hydrogen) atoms. The van der Waals surface area contributed by atoms with Crippen LogP contribution in [0.3, 0.4) is 0 Å². The third kappa shape index (κ3) is 3.32. The number of methoxy groups -OCH3 is 1. The van der Waals surface area contributed by atoms with Gasteiger partial charge < -0.3 is 9.64 Å². The Kier molecular flexibility index (Phi) is 4.96. The molecule has 1 aromatic rings. The maximum Gasteiger partial charge on any atom is 0.232 e. The number of halogens is 1. The second kappa shape index (κ2) is 6.01. The molecule has 0 atom stereocenters. The number of rotatable bonds is 4. The molecule has 0 fully saturated rings. The molecule has 1 aromatic carbocycles. The molecule has 0 aliphatic heterocycles. The number of ether oxygens (including phenoxy) is 1. The van der Waals surface area contributed by atoms with Crippen LogP contribution >= 0.6 is 24.2 Å². The number of thiol groups is 1. The molecule has 0 saturated carbocycles. The van der Waals surface area contributed by atoms with Crippen molar-refractivity contribution in [3.05, 3.63) is 28.8 Å². The van der Waals surface area contributed by atoms with Crippen LogP contribution in [0.4, 0.5) is 0 Å². The molecule has 3 nitrogen and oxygen atoms in total. The lowest BCUT2D eigenvalue weighted by molar-refractivity contribution is -0.127. The summed E-state index contributed by atoms with van der Waals surface area (Å²) < 4.78 is 5.20. The molecule has 0 heterocycles. The summed E-state index contributed by atoms with van der Waals surface area (Å²) in [5.74, 6) is 0.882. The summed E-state index contributed by atoms with van der Waals surface area (Å²) in [7, 11) is 3.31. The van der Waals surface area contributed by atoms with Crippen molar-refractivity contribution >= 4 is 30.1 Å². The highest BCUT2D eigenvalue weighted by atomic mass is 35.5. The predicted octanol–water partition coefficient (Wildman–Crippen LogP) is 2.24. The van der Waals surface area contributed by atoms with Crippen LogP contribution in [0.5, 0.6) is 5.75 Å². The molecule has 0 saturated heterocycles. The maximum atomic E-state index is 11.4. The van der Waals surface area contributed by atoms with E-state index in [9.17, 15) is 4.79 Å². The molecule has 1 rings (SSSR count). The highest BCUT2D eigenvalue weighted by Crippen LogP contribution is 2.23. The molecule has 0 aliphatic carbocycles. The van der Waals surface area contributed by atoms with Gasteiger partial charge in [-0.25, -0.2) is 0 Å². The first kappa shape index (κ1) is 13.2. The van der Waals surface area contributed by atoms with Crippen LogP contribution in [0.25, 0.3) is 0 Å². The number of hydrogen-bond donors (Lipinski definition) is 1. The van der Waals surface area contributed by atoms with Gasteiger partial charge in [0.25, 0.3) is 0 Å². The molecule has 0 aliphatic rings. The van der Waals surface area contributed by atoms with E-state index >= 15 is 0 Å². The van der Waals surface area contributed by atoms with Crippen LogP contribution in [0.2, 0.25) is 5.02 Å². The van der Waals surface area contributed by atoms with E-state index in [1.165, 1.54) is 0 Å². The van der Waals surface area contributed by atoms with Crippen molar-refractivity contribution in [1.82, 2.24) is 4.90 Å². The molecular formula is C11H14ClNO2S. The summed E-state index contributed by atoms with van der Waals surface area (Å²) in [5.41, 5.74) is 0.882. The van der Waals surface area contributed by atoms with Crippen LogP contribution in [0.1, 0.15) is 5.56 Å². The van der Waals surface area contributed by atoms with Gasteiger partial charge in [0, 0.05) is 24.2 Å². The third-order valence-electron chi connectivity index (χ3n) is 2.21. The zero-order chi connectivity index (χ0) is 12.1. The van der Waals surface area contributed by atoms with Gasteiger partial charge >= 0.3 is 0 Å². The minimum atomic E-state index is -0.0367. The average molecular weight is 260 g/mol. The molecular weight excluding hydrogens is 246 g/mol. The van der Waals surface area contributed by atoms with Crippen LogP contribution in [-0.2, 0) is 11.3 Å². The zero-order valence-corrected chi connectivity index (χ0v) is 10.9. The van der Waals surface area contributed by atoms with Crippen LogP contribution in [0, 0.1) is 0 Å². The SMILES string of the molecule is COc1ccc(Cl)cc1CN(C)C(=O)CS. The molecule has 88 valence electrons. The third-order valence-corrected chi connectivity index (χ3v) is 2.72. The Hall–Kier alpha value is -0.870. The van der Waals surface area contributed by atoms with Crippen molar-refractivity contribution in [3.8, 4) is 5.75 Å². The Morgan fingerprint density at radius 3 is 2.81 bits per heavy atom. The normalized spacial score (nSPS) is 10.0. The molecule has 0 unspecified atom stereocenters. The summed E-state index contributed by atoms with van der Waals surface area (Å²) in [4.78, 5) is 13.0. The van der Waals surface area contributed by atoms with Crippen LogP contribution < -0.4 is 4.74 Å². The molecule has 0 aromatic heterocycles. The van der Waals surface area contributed by atoms with Gasteiger partial charge in [0.05, 0.1) is 12.9 Å². The Morgan fingerprint density at radius 2 is 2.25 bits per heavy atom. The lowest BCUT2D eigenvalue weighted by Gasteiger charge is -2.18. The fraction of sp³-hybridized carbons (Fsp3) is 0.364. The van der Waals surface area contributed by atoms with E-state index in [0.717, 1.165) is 11.3 Å². The molecule has 0 N–H and O–H groups in total. The highest BCUT2D eigenvalue weighted by molar-refractivity contribution is 7.81. The first-order valence-electron chi connectivity index (χ1n) is 4.75. The van der Waals surface area contributed by atoms with Gasteiger partial charge in [-0.15, -0.1) is 0 Å². The van der Waals surface area contributed by atoms with Crippen molar-refractivity contribution in [3.63, 3.8) is 0 Å². The number of hydrogen-bond acceptors (Lipinski definition) is 3. The smallest absolute Gasteiger partial charge is 0.232 e. The molecule has 1 amide bonds. The fourth-order valence-corrected chi connectivity index (χ4v) is 1.77. The lowest BCUT2D eigenvalue weighted by Crippen LogP contribution is -2.27. The average Bonchev–Trinajstić information content (AvgIpc) is 2.28. The largest absolute Gasteiger partial charge is 0.496 e. The molecule has 0 bridgehead atoms. The zero-order valence-electron chi connectivity index (χ0n) is 9.24. The van der Waals surface area contributed by atoms with Gasteiger partial charge in [0.1, 0.15) is 5.75 Å². The lowest BCUT2D eigenvalue weighted by atomic mass is 10.2. The van der Waals surface area contributed by atoms with Crippen molar-refractivity contribution in [2.45, 2.75) is 6.54 Å². The Labute approximate surface area is 106 Å². The molecule has 0 radical (unpaired) electrons. The van der Waals surface area contributed by atoms with Crippen LogP contribution in [-0.4, -0.2) is 30.7 Å². The van der Waals surface area contributed by atoms with E-state index in [1.807, 2.05) is 0 Å². The Morgan fingerprint density at radius 1 is 1.56 bits per heavy atom. The minimum absolute atomic E-state index is 0.0367. The highest BCUT2D eigenvalue weighted by Gasteiger charge is 2.10. The summed E-state index contributed by atoms with van der Waals surface area (Å²) in [6, 6.07) is 5.34. The first-order chi connectivity index (χ1) is 7.58. The van der Waals surface area contributed by atoms with Crippen molar-refractivity contribution in [2.24, 2.45) is 0 Å². The number of carbonyl (C=O) groups excluding carboxylic acids is 1. The second-order valence-corrected chi connectivity index (χ2v) is 4.12. The second-order valence-electron chi connectivity index (χ2n) is 3.36. The minimum Gasteiger partial charge on any atom is -0.496 e. The standard InChI is InChI=1S/C11H14ClNO2S/c1-13(11(14)7-16)6-8-5-9(12)3-4-10(8)15-2/h3-5,16H,6-7H2,1-2H3. The number of benzene rings is 1. The van der Waals surface area contributed by atoms with Gasteiger partial charge in [-0.05, 0) is 18.2 Å². The summed E-state index contributed by atoms with van der Waals surface area (Å²) in [6.45, 7) is 0.461. The van der Waals surface area contributed by atoms with Gasteiger partial charge in [-0.1, -0.05) is 11.6 Å². The first-order valence-corrected chi connectivity index (χ1v) is 5.76. The van der Waals surface area contributed by atoms with Gasteiger partial charge in [0.15, 0.2) is 0 Å². The van der Waals surface area contributed by atoms with E-state index in [1.54, 1.807) is 37.3 Å². The van der Waals surface area contributed by atoms with Crippen molar-refractivity contribution in [2.75, 3.05) is 19.9 Å². The van der Waals surface area contributed by atoms with Crippen molar-refractivity contribution in [1.29, 1.82) is 0 Å². The van der Waals surface area contributed by atoms with Gasteiger partial charge in [-0.3, -0.25) is 4.79 Å². The fourth-order valence-electron chi connectivity index (χ4n) is 1.34. The monoisotopic (exact) mass is 259 g/mol. The van der Waals surface area contributed by atoms with Gasteiger partial charge in [-0.2, -0.15) is 12.6 Å². The summed E-state index contributed by atoms with van der Waals surface area (Å²) in [5, 5.41) is 0.627. The Bertz CT molecular complexity index is 384. The quantitative estimate of drug-likeness (QED) is 0.841. The summed E-state index contributed by atoms with van der Waals surface area (Å²) >= 11 is 9.84. The van der Waals surface area contributed by atoms with Crippen LogP contribution in [0.15, 0.2) is 18.2 Å². The topological polar surface area (TPSA) is 29.5 Å². The van der Waals surface area contributed by atoms with E-state index < -0.39 is 0 Å². The predicted molar refractivity (Wildman–Crippen MR) is 68.3 cm³/mol. The summed E-state index contributed by atoms with van der Waals surface area (Å²) in [6.07, 6.45) is 0. The van der Waals surface area contributed by atoms with E-state index in [4.69, 9.17) is 16.3 Å². The number of nitrogens with zero attached hydrogens (tertiary/aromatic N) is 1. The van der Waals surface area contributed by atoms with Gasteiger partial charge in [0.2, 0.25) is 5.91 Å². The molecule has 0 spiro atoms.